The number of benzene rings is 1. The smallest absolute Gasteiger partial charge is 0.408 e. The summed E-state index contributed by atoms with van der Waals surface area (Å²) in [6, 6.07) is 6.29. The van der Waals surface area contributed by atoms with Crippen molar-refractivity contribution in [1.82, 2.24) is 5.32 Å². The highest BCUT2D eigenvalue weighted by Crippen LogP contribution is 2.23. The van der Waals surface area contributed by atoms with Crippen LogP contribution in [0, 0.1) is 5.92 Å². The van der Waals surface area contributed by atoms with Gasteiger partial charge in [0.2, 0.25) is 0 Å². The van der Waals surface area contributed by atoms with Crippen molar-refractivity contribution < 1.29 is 33.0 Å². The van der Waals surface area contributed by atoms with Crippen molar-refractivity contribution in [2.45, 2.75) is 104 Å². The minimum Gasteiger partial charge on any atom is -0.460 e. The maximum absolute atomic E-state index is 13.2. The molecule has 0 bridgehead atoms. The number of hydrogen-bond acceptors (Lipinski definition) is 7. The molecule has 0 aliphatic rings. The fourth-order valence-electron chi connectivity index (χ4n) is 3.31. The fraction of sp³-hybridized carbons (Fsp3) is 0.679. The minimum atomic E-state index is -1.13. The van der Waals surface area contributed by atoms with Gasteiger partial charge in [-0.05, 0) is 99.3 Å². The summed E-state index contributed by atoms with van der Waals surface area (Å²) in [4.78, 5) is 38.8. The van der Waals surface area contributed by atoms with E-state index < -0.39 is 53.5 Å². The van der Waals surface area contributed by atoms with E-state index in [1.807, 2.05) is 24.3 Å². The van der Waals surface area contributed by atoms with E-state index >= 15 is 0 Å². The molecule has 8 nitrogen and oxygen atoms in total. The van der Waals surface area contributed by atoms with Crippen molar-refractivity contribution in [2.24, 2.45) is 5.92 Å². The predicted octanol–water partition coefficient (Wildman–Crippen LogP) is 5.58. The van der Waals surface area contributed by atoms with Crippen LogP contribution in [0.15, 0.2) is 24.3 Å². The molecular weight excluding hydrogens is 479 g/mol. The molecule has 0 aliphatic carbocycles. The highest BCUT2D eigenvalue weighted by atomic mass is 19.1. The molecule has 0 aliphatic heterocycles. The minimum absolute atomic E-state index is 0.0421. The number of rotatable bonds is 11. The molecule has 210 valence electrons. The molecular formula is C28H45FN2O6. The zero-order valence-electron chi connectivity index (χ0n) is 23.8. The lowest BCUT2D eigenvalue weighted by atomic mass is 9.92. The summed E-state index contributed by atoms with van der Waals surface area (Å²) in [6.45, 7) is 15.8. The standard InChI is InChI=1S/C28H45FN2O6/c1-26(2,3)35-23(32)20(17-19-11-13-21(14-12-19)30-16-10-15-29)18-22(24(33)36-27(4,5)6)31-25(34)37-28(7,8)9/h11-14,20,22,30H,10,15-18H2,1-9H3,(H,31,34)/t20-,22-/m0/s1. The van der Waals surface area contributed by atoms with E-state index in [-0.39, 0.29) is 12.8 Å². The summed E-state index contributed by atoms with van der Waals surface area (Å²) in [6.07, 6.45) is -0.136. The Morgan fingerprint density at radius 1 is 0.811 bits per heavy atom. The number of carbonyl (C=O) groups is 3. The van der Waals surface area contributed by atoms with Gasteiger partial charge in [0.1, 0.15) is 22.8 Å². The van der Waals surface area contributed by atoms with Crippen LogP contribution in [-0.4, -0.2) is 54.1 Å². The normalized spacial score (nSPS) is 13.8. The number of alkyl halides is 1. The molecule has 0 unspecified atom stereocenters. The average Bonchev–Trinajstić information content (AvgIpc) is 2.70. The average molecular weight is 525 g/mol. The molecule has 0 fully saturated rings. The predicted molar refractivity (Wildman–Crippen MR) is 142 cm³/mol. The lowest BCUT2D eigenvalue weighted by Gasteiger charge is -2.29. The summed E-state index contributed by atoms with van der Waals surface area (Å²) in [5.74, 6) is -1.91. The number of ether oxygens (including phenoxy) is 3. The van der Waals surface area contributed by atoms with Gasteiger partial charge >= 0.3 is 18.0 Å². The fourth-order valence-corrected chi connectivity index (χ4v) is 3.31. The molecule has 1 rings (SSSR count). The van der Waals surface area contributed by atoms with Crippen LogP contribution in [0.5, 0.6) is 0 Å². The molecule has 0 saturated heterocycles. The summed E-state index contributed by atoms with van der Waals surface area (Å²) in [7, 11) is 0. The molecule has 0 aromatic heterocycles. The quantitative estimate of drug-likeness (QED) is 0.221. The van der Waals surface area contributed by atoms with E-state index in [0.29, 0.717) is 13.0 Å². The number of esters is 2. The molecule has 1 aromatic carbocycles. The molecule has 1 amide bonds. The Morgan fingerprint density at radius 3 is 1.81 bits per heavy atom. The van der Waals surface area contributed by atoms with Crippen molar-refractivity contribution in [2.75, 3.05) is 18.5 Å². The van der Waals surface area contributed by atoms with Gasteiger partial charge < -0.3 is 24.8 Å². The Kier molecular flexibility index (Phi) is 11.9. The number of nitrogens with one attached hydrogen (secondary N) is 2. The molecule has 0 radical (unpaired) electrons. The highest BCUT2D eigenvalue weighted by molar-refractivity contribution is 5.83. The third-order valence-electron chi connectivity index (χ3n) is 4.72. The summed E-state index contributed by atoms with van der Waals surface area (Å²) >= 11 is 0. The molecule has 0 spiro atoms. The van der Waals surface area contributed by atoms with Crippen LogP contribution in [0.2, 0.25) is 0 Å². The summed E-state index contributed by atoms with van der Waals surface area (Å²) in [5, 5.41) is 5.72. The molecule has 0 saturated carbocycles. The Morgan fingerprint density at radius 2 is 1.32 bits per heavy atom. The summed E-state index contributed by atoms with van der Waals surface area (Å²) < 4.78 is 28.9. The molecule has 9 heteroatoms. The highest BCUT2D eigenvalue weighted by Gasteiger charge is 2.35. The number of alkyl carbamates (subject to hydrolysis) is 1. The first-order valence-electron chi connectivity index (χ1n) is 12.7. The van der Waals surface area contributed by atoms with Crippen LogP contribution >= 0.6 is 0 Å². The van der Waals surface area contributed by atoms with Crippen LogP contribution in [0.3, 0.4) is 0 Å². The first-order chi connectivity index (χ1) is 16.9. The number of amides is 1. The van der Waals surface area contributed by atoms with Gasteiger partial charge in [0.05, 0.1) is 12.6 Å². The number of anilines is 1. The molecule has 1 aromatic rings. The second-order valence-electron chi connectivity index (χ2n) is 12.1. The topological polar surface area (TPSA) is 103 Å². The largest absolute Gasteiger partial charge is 0.460 e. The molecule has 2 N–H and O–H groups in total. The first-order valence-corrected chi connectivity index (χ1v) is 12.7. The zero-order chi connectivity index (χ0) is 28.4. The van der Waals surface area contributed by atoms with E-state index in [0.717, 1.165) is 11.3 Å². The van der Waals surface area contributed by atoms with E-state index in [1.165, 1.54) is 0 Å². The van der Waals surface area contributed by atoms with Crippen LogP contribution < -0.4 is 10.6 Å². The van der Waals surface area contributed by atoms with Gasteiger partial charge in [-0.2, -0.15) is 0 Å². The van der Waals surface area contributed by atoms with Gasteiger partial charge in [-0.1, -0.05) is 12.1 Å². The SMILES string of the molecule is CC(C)(C)OC(=O)N[C@@H](C[C@H](Cc1ccc(NCCCF)cc1)C(=O)OC(C)(C)C)C(=O)OC(C)(C)C. The maximum Gasteiger partial charge on any atom is 0.408 e. The second kappa shape index (κ2) is 13.6. The molecule has 37 heavy (non-hydrogen) atoms. The first kappa shape index (κ1) is 32.2. The van der Waals surface area contributed by atoms with Crippen LogP contribution in [0.25, 0.3) is 0 Å². The van der Waals surface area contributed by atoms with Crippen LogP contribution in [-0.2, 0) is 30.2 Å². The van der Waals surface area contributed by atoms with Crippen LogP contribution in [0.1, 0.15) is 80.7 Å². The Hall–Kier alpha value is -2.84. The lowest BCUT2D eigenvalue weighted by molar-refractivity contribution is -0.162. The van der Waals surface area contributed by atoms with Gasteiger partial charge in [-0.25, -0.2) is 9.59 Å². The van der Waals surface area contributed by atoms with Gasteiger partial charge in [0.15, 0.2) is 0 Å². The van der Waals surface area contributed by atoms with Gasteiger partial charge in [-0.15, -0.1) is 0 Å². The van der Waals surface area contributed by atoms with Crippen molar-refractivity contribution in [3.05, 3.63) is 29.8 Å². The van der Waals surface area contributed by atoms with Crippen LogP contribution in [0.4, 0.5) is 14.9 Å². The number of halogens is 1. The summed E-state index contributed by atoms with van der Waals surface area (Å²) in [5.41, 5.74) is -0.624. The van der Waals surface area contributed by atoms with E-state index in [2.05, 4.69) is 10.6 Å². The second-order valence-corrected chi connectivity index (χ2v) is 12.1. The lowest BCUT2D eigenvalue weighted by Crippen LogP contribution is -2.48. The van der Waals surface area contributed by atoms with Crippen molar-refractivity contribution in [3.63, 3.8) is 0 Å². The number of hydrogen-bond donors (Lipinski definition) is 2. The zero-order valence-corrected chi connectivity index (χ0v) is 23.8. The van der Waals surface area contributed by atoms with Crippen molar-refractivity contribution in [1.29, 1.82) is 0 Å². The van der Waals surface area contributed by atoms with E-state index in [9.17, 15) is 18.8 Å². The van der Waals surface area contributed by atoms with Gasteiger partial charge in [0.25, 0.3) is 0 Å². The monoisotopic (exact) mass is 524 g/mol. The molecule has 0 heterocycles. The number of carbonyl (C=O) groups excluding carboxylic acids is 3. The van der Waals surface area contributed by atoms with Gasteiger partial charge in [0, 0.05) is 12.2 Å². The Balaban J connectivity index is 3.19. The van der Waals surface area contributed by atoms with Gasteiger partial charge in [-0.3, -0.25) is 9.18 Å². The Labute approximate surface area is 221 Å². The third kappa shape index (κ3) is 14.5. The maximum atomic E-state index is 13.2. The molecule has 2 atom stereocenters. The third-order valence-corrected chi connectivity index (χ3v) is 4.72. The van der Waals surface area contributed by atoms with E-state index in [4.69, 9.17) is 14.2 Å². The van der Waals surface area contributed by atoms with Crippen molar-refractivity contribution in [3.8, 4) is 0 Å². The van der Waals surface area contributed by atoms with E-state index in [1.54, 1.807) is 62.3 Å². The Bertz CT molecular complexity index is 882. The van der Waals surface area contributed by atoms with Crippen molar-refractivity contribution >= 4 is 23.7 Å².